The monoisotopic (exact) mass is 410 g/mol. The zero-order valence-corrected chi connectivity index (χ0v) is 18.9. The summed E-state index contributed by atoms with van der Waals surface area (Å²) < 4.78 is 11.1. The van der Waals surface area contributed by atoms with Crippen LogP contribution in [0.1, 0.15) is 80.1 Å². The van der Waals surface area contributed by atoms with Gasteiger partial charge in [0, 0.05) is 25.6 Å². The van der Waals surface area contributed by atoms with Crippen LogP contribution in [0.25, 0.3) is 0 Å². The van der Waals surface area contributed by atoms with Crippen molar-refractivity contribution in [2.75, 3.05) is 13.1 Å². The third kappa shape index (κ3) is 8.62. The Bertz CT molecular complexity index is 601. The molecule has 2 amide bonds. The second-order valence-corrected chi connectivity index (χ2v) is 10.3. The summed E-state index contributed by atoms with van der Waals surface area (Å²) in [7, 11) is 0. The molecule has 1 saturated heterocycles. The maximum Gasteiger partial charge on any atom is 0.410 e. The van der Waals surface area contributed by atoms with E-state index in [2.05, 4.69) is 5.32 Å². The molecule has 0 unspecified atom stereocenters. The van der Waals surface area contributed by atoms with Gasteiger partial charge in [0.15, 0.2) is 0 Å². The molecule has 1 aliphatic heterocycles. The van der Waals surface area contributed by atoms with Crippen LogP contribution in [0.4, 0.5) is 4.79 Å². The highest BCUT2D eigenvalue weighted by atomic mass is 16.6. The molecule has 0 spiro atoms. The van der Waals surface area contributed by atoms with Crippen LogP contribution in [0.5, 0.6) is 0 Å². The Hall–Kier alpha value is -1.79. The molecule has 0 aromatic rings. The zero-order chi connectivity index (χ0) is 21.8. The molecule has 29 heavy (non-hydrogen) atoms. The van der Waals surface area contributed by atoms with Gasteiger partial charge in [-0.05, 0) is 79.6 Å². The van der Waals surface area contributed by atoms with Crippen molar-refractivity contribution in [2.24, 2.45) is 11.8 Å². The van der Waals surface area contributed by atoms with Crippen LogP contribution >= 0.6 is 0 Å². The van der Waals surface area contributed by atoms with Crippen molar-refractivity contribution in [3.05, 3.63) is 0 Å². The van der Waals surface area contributed by atoms with Crippen LogP contribution in [-0.2, 0) is 19.1 Å². The molecule has 1 heterocycles. The summed E-state index contributed by atoms with van der Waals surface area (Å²) in [4.78, 5) is 38.9. The number of carbonyl (C=O) groups excluding carboxylic acids is 3. The topological polar surface area (TPSA) is 84.9 Å². The number of carbonyl (C=O) groups is 3. The predicted molar refractivity (Wildman–Crippen MR) is 110 cm³/mol. The van der Waals surface area contributed by atoms with Crippen molar-refractivity contribution in [3.8, 4) is 0 Å². The van der Waals surface area contributed by atoms with Crippen molar-refractivity contribution in [3.63, 3.8) is 0 Å². The van der Waals surface area contributed by atoms with Gasteiger partial charge in [0.25, 0.3) is 0 Å². The maximum atomic E-state index is 12.9. The van der Waals surface area contributed by atoms with Gasteiger partial charge in [0.1, 0.15) is 11.2 Å². The normalized spacial score (nSPS) is 20.9. The highest BCUT2D eigenvalue weighted by molar-refractivity contribution is 5.77. The number of rotatable bonds is 7. The summed E-state index contributed by atoms with van der Waals surface area (Å²) in [6.07, 6.45) is 4.15. The van der Waals surface area contributed by atoms with Crippen molar-refractivity contribution in [2.45, 2.75) is 97.3 Å². The number of nitrogens with one attached hydrogen (secondary N) is 1. The van der Waals surface area contributed by atoms with E-state index in [4.69, 9.17) is 9.47 Å². The fourth-order valence-electron chi connectivity index (χ4n) is 3.54. The van der Waals surface area contributed by atoms with Crippen LogP contribution in [0.3, 0.4) is 0 Å². The van der Waals surface area contributed by atoms with Gasteiger partial charge in [-0.3, -0.25) is 9.59 Å². The van der Waals surface area contributed by atoms with Gasteiger partial charge in [0.05, 0.1) is 5.92 Å². The smallest absolute Gasteiger partial charge is 0.410 e. The molecule has 0 aromatic heterocycles. The van der Waals surface area contributed by atoms with Gasteiger partial charge >= 0.3 is 12.1 Å². The van der Waals surface area contributed by atoms with E-state index in [1.54, 1.807) is 4.90 Å². The molecule has 1 N–H and O–H groups in total. The minimum Gasteiger partial charge on any atom is -0.460 e. The Morgan fingerprint density at radius 2 is 1.62 bits per heavy atom. The van der Waals surface area contributed by atoms with E-state index in [-0.39, 0.29) is 29.8 Å². The van der Waals surface area contributed by atoms with Crippen LogP contribution < -0.4 is 5.32 Å². The number of nitrogens with zero attached hydrogens (tertiary/aromatic N) is 1. The molecule has 0 aromatic carbocycles. The molecule has 7 heteroatoms. The summed E-state index contributed by atoms with van der Waals surface area (Å²) in [6, 6.07) is 0.348. The first-order chi connectivity index (χ1) is 13.3. The van der Waals surface area contributed by atoms with Crippen molar-refractivity contribution in [1.29, 1.82) is 0 Å². The van der Waals surface area contributed by atoms with Crippen LogP contribution in [0, 0.1) is 11.8 Å². The molecule has 2 rings (SSSR count). The Labute approximate surface area is 174 Å². The van der Waals surface area contributed by atoms with Crippen LogP contribution in [0.15, 0.2) is 0 Å². The Balaban J connectivity index is 1.94. The first kappa shape index (κ1) is 23.5. The average molecular weight is 411 g/mol. The lowest BCUT2D eigenvalue weighted by Gasteiger charge is -2.28. The molecule has 0 radical (unpaired) electrons. The van der Waals surface area contributed by atoms with E-state index in [0.29, 0.717) is 38.4 Å². The van der Waals surface area contributed by atoms with Crippen molar-refractivity contribution >= 4 is 18.0 Å². The molecule has 2 atom stereocenters. The maximum absolute atomic E-state index is 12.9. The van der Waals surface area contributed by atoms with Crippen molar-refractivity contribution in [1.82, 2.24) is 10.2 Å². The molecule has 2 fully saturated rings. The quantitative estimate of drug-likeness (QED) is 0.648. The highest BCUT2D eigenvalue weighted by Crippen LogP contribution is 2.31. The lowest BCUT2D eigenvalue weighted by atomic mass is 9.87. The SMILES string of the molecule is CC(C)(C)OC(=O)[C@@H](CCCC(=O)NC1CC1)[C@H]1CCN(C(=O)OC(C)(C)C)C1. The summed E-state index contributed by atoms with van der Waals surface area (Å²) in [6.45, 7) is 12.1. The van der Waals surface area contributed by atoms with E-state index < -0.39 is 11.2 Å². The van der Waals surface area contributed by atoms with Gasteiger partial charge in [-0.1, -0.05) is 0 Å². The van der Waals surface area contributed by atoms with Gasteiger partial charge in [0.2, 0.25) is 5.91 Å². The van der Waals surface area contributed by atoms with E-state index in [0.717, 1.165) is 19.3 Å². The number of hydrogen-bond acceptors (Lipinski definition) is 5. The summed E-state index contributed by atoms with van der Waals surface area (Å²) in [5, 5.41) is 2.98. The van der Waals surface area contributed by atoms with Gasteiger partial charge < -0.3 is 19.7 Å². The largest absolute Gasteiger partial charge is 0.460 e. The molecule has 0 bridgehead atoms. The van der Waals surface area contributed by atoms with E-state index in [1.165, 1.54) is 0 Å². The third-order valence-electron chi connectivity index (χ3n) is 5.02. The van der Waals surface area contributed by atoms with Crippen molar-refractivity contribution < 1.29 is 23.9 Å². The minimum absolute atomic E-state index is 0.0175. The first-order valence-electron chi connectivity index (χ1n) is 10.8. The Kier molecular flexibility index (Phi) is 7.57. The van der Waals surface area contributed by atoms with Crippen LogP contribution in [0.2, 0.25) is 0 Å². The van der Waals surface area contributed by atoms with Gasteiger partial charge in [-0.25, -0.2) is 4.79 Å². The fourth-order valence-corrected chi connectivity index (χ4v) is 3.54. The van der Waals surface area contributed by atoms with E-state index in [9.17, 15) is 14.4 Å². The summed E-state index contributed by atoms with van der Waals surface area (Å²) in [5.74, 6) is -0.493. The van der Waals surface area contributed by atoms with Gasteiger partial charge in [-0.2, -0.15) is 0 Å². The number of likely N-dealkylation sites (tertiary alicyclic amines) is 1. The highest BCUT2D eigenvalue weighted by Gasteiger charge is 2.38. The standard InChI is InChI=1S/C22H38N2O5/c1-21(2,3)28-19(26)17(8-7-9-18(25)23-16-10-11-16)15-12-13-24(14-15)20(27)29-22(4,5)6/h15-17H,7-14H2,1-6H3,(H,23,25)/t15-,17-/m0/s1. The second-order valence-electron chi connectivity index (χ2n) is 10.3. The van der Waals surface area contributed by atoms with Gasteiger partial charge in [-0.15, -0.1) is 0 Å². The second kappa shape index (κ2) is 9.35. The lowest BCUT2D eigenvalue weighted by molar-refractivity contribution is -0.162. The Morgan fingerprint density at radius 1 is 1.00 bits per heavy atom. The minimum atomic E-state index is -0.567. The number of esters is 1. The molecule has 2 aliphatic rings. The Morgan fingerprint density at radius 3 is 2.17 bits per heavy atom. The fraction of sp³-hybridized carbons (Fsp3) is 0.864. The molecule has 1 aliphatic carbocycles. The molecular formula is C22H38N2O5. The number of ether oxygens (including phenoxy) is 2. The molecular weight excluding hydrogens is 372 g/mol. The van der Waals surface area contributed by atoms with Crippen LogP contribution in [-0.4, -0.2) is 53.2 Å². The number of hydrogen-bond donors (Lipinski definition) is 1. The summed E-state index contributed by atoms with van der Waals surface area (Å²) in [5.41, 5.74) is -1.11. The predicted octanol–water partition coefficient (Wildman–Crippen LogP) is 3.65. The zero-order valence-electron chi connectivity index (χ0n) is 18.9. The third-order valence-corrected chi connectivity index (χ3v) is 5.02. The summed E-state index contributed by atoms with van der Waals surface area (Å²) >= 11 is 0. The molecule has 1 saturated carbocycles. The molecule has 166 valence electrons. The lowest BCUT2D eigenvalue weighted by Crippen LogP contribution is -2.37. The number of amides is 2. The van der Waals surface area contributed by atoms with E-state index >= 15 is 0 Å². The van der Waals surface area contributed by atoms with E-state index in [1.807, 2.05) is 41.5 Å². The first-order valence-corrected chi connectivity index (χ1v) is 10.8. The average Bonchev–Trinajstić information content (AvgIpc) is 3.20. The molecule has 7 nitrogen and oxygen atoms in total.